The van der Waals surface area contributed by atoms with Crippen LogP contribution < -0.4 is 20.1 Å². The number of anilines is 2. The van der Waals surface area contributed by atoms with E-state index in [1.54, 1.807) is 0 Å². The molecule has 0 atom stereocenters. The van der Waals surface area contributed by atoms with Gasteiger partial charge in [0.05, 0.1) is 30.7 Å². The van der Waals surface area contributed by atoms with Gasteiger partial charge in [-0.2, -0.15) is 4.98 Å². The molecular weight excluding hydrogens is 310 g/mol. The molecule has 24 heavy (non-hydrogen) atoms. The van der Waals surface area contributed by atoms with Crippen molar-refractivity contribution >= 4 is 28.6 Å². The second kappa shape index (κ2) is 6.38. The Hall–Kier alpha value is -2.77. The molecule has 2 heterocycles. The third-order valence-corrected chi connectivity index (χ3v) is 3.28. The van der Waals surface area contributed by atoms with Crippen LogP contribution in [0.15, 0.2) is 12.1 Å². The first-order chi connectivity index (χ1) is 14.6. The average Bonchev–Trinajstić information content (AvgIpc) is 2.64. The Balaban J connectivity index is 2.33. The van der Waals surface area contributed by atoms with Gasteiger partial charge in [-0.1, -0.05) is 0 Å². The number of benzene rings is 1. The zero-order valence-electron chi connectivity index (χ0n) is 21.2. The predicted octanol–water partition coefficient (Wildman–Crippen LogP) is 0.898. The van der Waals surface area contributed by atoms with Crippen molar-refractivity contribution in [2.45, 2.75) is 6.92 Å². The van der Waals surface area contributed by atoms with Crippen LogP contribution in [-0.4, -0.2) is 61.0 Å². The van der Waals surface area contributed by atoms with Crippen LogP contribution in [0.5, 0.6) is 11.5 Å². The van der Waals surface area contributed by atoms with Crippen LogP contribution in [0.2, 0.25) is 0 Å². The molecule has 1 saturated heterocycles. The Kier molecular flexibility index (Phi) is 2.37. The lowest BCUT2D eigenvalue weighted by Gasteiger charge is -2.34. The molecule has 8 nitrogen and oxygen atoms in total. The van der Waals surface area contributed by atoms with Gasteiger partial charge in [0.2, 0.25) is 11.9 Å². The number of carbonyl (C=O) groups is 1. The van der Waals surface area contributed by atoms with Crippen LogP contribution in [0.4, 0.5) is 11.8 Å². The summed E-state index contributed by atoms with van der Waals surface area (Å²) in [4.78, 5) is 20.1. The van der Waals surface area contributed by atoms with Crippen LogP contribution in [-0.2, 0) is 4.79 Å². The van der Waals surface area contributed by atoms with E-state index in [1.807, 2.05) is 0 Å². The Labute approximate surface area is 151 Å². The normalized spacial score (nSPS) is 28.1. The second-order valence-corrected chi connectivity index (χ2v) is 4.77. The Morgan fingerprint density at radius 3 is 2.38 bits per heavy atom. The summed E-state index contributed by atoms with van der Waals surface area (Å²) in [5.74, 6) is -1.58. The first kappa shape index (κ1) is 8.91. The van der Waals surface area contributed by atoms with Crippen LogP contribution in [0.1, 0.15) is 17.9 Å². The number of nitrogens with two attached hydrogens (primary N) is 1. The number of carbonyl (C=O) groups excluding carboxylic acids is 1. The van der Waals surface area contributed by atoms with Gasteiger partial charge in [0.25, 0.3) is 0 Å². The minimum Gasteiger partial charge on any atom is -0.493 e. The summed E-state index contributed by atoms with van der Waals surface area (Å²) >= 11 is 0. The lowest BCUT2D eigenvalue weighted by Crippen LogP contribution is -2.48. The zero-order chi connectivity index (χ0) is 24.4. The maximum atomic E-state index is 12.0. The fourth-order valence-corrected chi connectivity index (χ4v) is 2.08. The topological polar surface area (TPSA) is 93.8 Å². The Morgan fingerprint density at radius 2 is 1.79 bits per heavy atom. The van der Waals surface area contributed by atoms with Gasteiger partial charge in [0.15, 0.2) is 11.5 Å². The molecule has 0 aliphatic carbocycles. The molecule has 0 radical (unpaired) electrons. The largest absolute Gasteiger partial charge is 0.493 e. The summed E-state index contributed by atoms with van der Waals surface area (Å²) in [6.07, 6.45) is 0. The van der Waals surface area contributed by atoms with Crippen molar-refractivity contribution in [3.8, 4) is 11.5 Å². The van der Waals surface area contributed by atoms with Crippen molar-refractivity contribution < 1.29 is 25.2 Å². The number of nitrogen functional groups attached to an aromatic ring is 1. The molecule has 1 amide bonds. The van der Waals surface area contributed by atoms with Crippen molar-refractivity contribution in [1.29, 1.82) is 0 Å². The molecular formula is C16H21N5O3. The molecule has 128 valence electrons. The van der Waals surface area contributed by atoms with Crippen LogP contribution in [0.3, 0.4) is 0 Å². The highest BCUT2D eigenvalue weighted by atomic mass is 16.5. The van der Waals surface area contributed by atoms with Crippen molar-refractivity contribution in [2.24, 2.45) is 0 Å². The minimum absolute atomic E-state index is 0.0885. The van der Waals surface area contributed by atoms with E-state index < -0.39 is 37.8 Å². The quantitative estimate of drug-likeness (QED) is 0.888. The van der Waals surface area contributed by atoms with E-state index in [9.17, 15) is 4.79 Å². The number of methoxy groups -OCH3 is 2. The molecule has 0 spiro atoms. The van der Waals surface area contributed by atoms with Gasteiger partial charge in [-0.05, 0) is 6.07 Å². The van der Waals surface area contributed by atoms with E-state index in [2.05, 4.69) is 9.97 Å². The lowest BCUT2D eigenvalue weighted by atomic mass is 10.2. The number of aromatic nitrogens is 2. The molecule has 2 aromatic rings. The SMILES string of the molecule is [2H]C1([2H])N(C(C)=O)C([2H])([2H])C([2H])([2H])N(c2nc(N)c3cc(OC)c(OC)cc3n2)C1([2H])[2H]. The molecule has 1 aliphatic rings. The van der Waals surface area contributed by atoms with Gasteiger partial charge in [0.1, 0.15) is 5.82 Å². The lowest BCUT2D eigenvalue weighted by molar-refractivity contribution is -0.129. The highest BCUT2D eigenvalue weighted by Crippen LogP contribution is 2.34. The molecule has 0 saturated carbocycles. The fraction of sp³-hybridized carbons (Fsp3) is 0.438. The van der Waals surface area contributed by atoms with Crippen LogP contribution in [0, 0.1) is 0 Å². The minimum atomic E-state index is -3.31. The van der Waals surface area contributed by atoms with E-state index in [4.69, 9.17) is 26.2 Å². The van der Waals surface area contributed by atoms with Crippen molar-refractivity contribution in [3.05, 3.63) is 12.1 Å². The summed E-state index contributed by atoms with van der Waals surface area (Å²) in [6.45, 7) is -12.4. The molecule has 3 rings (SSSR count). The third-order valence-electron chi connectivity index (χ3n) is 3.28. The molecule has 1 aliphatic heterocycles. The summed E-state index contributed by atoms with van der Waals surface area (Å²) < 4.78 is 76.6. The van der Waals surface area contributed by atoms with Crippen LogP contribution in [0.25, 0.3) is 10.9 Å². The number of hydrogen-bond donors (Lipinski definition) is 1. The number of nitrogens with zero attached hydrogens (tertiary/aromatic N) is 4. The molecule has 1 aromatic heterocycles. The standard InChI is InChI=1S/C16H21N5O3/c1-10(22)20-4-6-21(7-5-20)16-18-12-9-14(24-3)13(23-2)8-11(12)15(17)19-16/h8-9H,4-7H2,1-3H3,(H2,17,18,19)/i4D2,5D2,6D2,7D2. The molecule has 8 heteroatoms. The van der Waals surface area contributed by atoms with E-state index in [0.29, 0.717) is 5.75 Å². The number of piperazine rings is 1. The van der Waals surface area contributed by atoms with Gasteiger partial charge in [0, 0.05) is 44.4 Å². The summed E-state index contributed by atoms with van der Waals surface area (Å²) in [6, 6.07) is 2.85. The highest BCUT2D eigenvalue weighted by Gasteiger charge is 2.21. The van der Waals surface area contributed by atoms with Gasteiger partial charge in [-0.3, -0.25) is 4.79 Å². The maximum absolute atomic E-state index is 12.0. The van der Waals surface area contributed by atoms with Crippen molar-refractivity contribution in [2.75, 3.05) is 50.8 Å². The summed E-state index contributed by atoms with van der Waals surface area (Å²) in [5.41, 5.74) is 6.09. The summed E-state index contributed by atoms with van der Waals surface area (Å²) in [7, 11) is 2.77. The first-order valence-electron chi connectivity index (χ1n) is 10.9. The van der Waals surface area contributed by atoms with Crippen molar-refractivity contribution in [3.63, 3.8) is 0 Å². The number of amides is 1. The molecule has 1 fully saturated rings. The van der Waals surface area contributed by atoms with E-state index in [0.717, 1.165) is 6.92 Å². The Bertz CT molecular complexity index is 1070. The van der Waals surface area contributed by atoms with Gasteiger partial charge in [-0.25, -0.2) is 4.98 Å². The van der Waals surface area contributed by atoms with E-state index >= 15 is 0 Å². The number of rotatable bonds is 3. The van der Waals surface area contributed by atoms with E-state index in [1.165, 1.54) is 26.4 Å². The fourth-order valence-electron chi connectivity index (χ4n) is 2.08. The van der Waals surface area contributed by atoms with Gasteiger partial charge >= 0.3 is 0 Å². The maximum Gasteiger partial charge on any atom is 0.228 e. The average molecular weight is 339 g/mol. The Morgan fingerprint density at radius 1 is 1.17 bits per heavy atom. The highest BCUT2D eigenvalue weighted by molar-refractivity contribution is 5.91. The zero-order valence-corrected chi connectivity index (χ0v) is 13.2. The van der Waals surface area contributed by atoms with Gasteiger partial charge in [-0.15, -0.1) is 0 Å². The summed E-state index contributed by atoms with van der Waals surface area (Å²) in [5, 5.41) is 0.265. The smallest absolute Gasteiger partial charge is 0.228 e. The predicted molar refractivity (Wildman–Crippen MR) is 91.5 cm³/mol. The third kappa shape index (κ3) is 2.86. The number of hydrogen-bond acceptors (Lipinski definition) is 7. The number of ether oxygens (including phenoxy) is 2. The van der Waals surface area contributed by atoms with Crippen LogP contribution >= 0.6 is 0 Å². The molecule has 0 unspecified atom stereocenters. The molecule has 1 aromatic carbocycles. The van der Waals surface area contributed by atoms with E-state index in [-0.39, 0.29) is 32.3 Å². The second-order valence-electron chi connectivity index (χ2n) is 4.77. The molecule has 0 bridgehead atoms. The first-order valence-corrected chi connectivity index (χ1v) is 6.86. The molecule has 2 N–H and O–H groups in total. The monoisotopic (exact) mass is 339 g/mol. The van der Waals surface area contributed by atoms with Gasteiger partial charge < -0.3 is 25.0 Å². The van der Waals surface area contributed by atoms with Crippen molar-refractivity contribution in [1.82, 2.24) is 14.9 Å². The number of fused-ring (bicyclic) bond motifs is 1.